The number of hydrogen-bond acceptors (Lipinski definition) is 5. The smallest absolute Gasteiger partial charge is 0.198 e. The molecule has 0 bridgehead atoms. The molecule has 96 valence electrons. The van der Waals surface area contributed by atoms with Crippen LogP contribution in [-0.2, 0) is 0 Å². The Hall–Kier alpha value is -2.43. The average molecular weight is 256 g/mol. The molecule has 3 rings (SSSR count). The number of rotatable bonds is 2. The standard InChI is InChI=1S/C14H12N2O3/c1-7(2)14-15-11-10(16-18)12(17)8-5-3-4-6-9(8)13(11)19-14/h3-7,17H,1-2H3. The van der Waals surface area contributed by atoms with E-state index in [0.29, 0.717) is 22.4 Å². The second-order valence-electron chi connectivity index (χ2n) is 4.72. The molecule has 0 amide bonds. The molecule has 0 aliphatic heterocycles. The van der Waals surface area contributed by atoms with Gasteiger partial charge in [0.05, 0.1) is 0 Å². The van der Waals surface area contributed by atoms with Crippen LogP contribution in [-0.4, -0.2) is 10.1 Å². The summed E-state index contributed by atoms with van der Waals surface area (Å²) in [5.41, 5.74) is 0.742. The van der Waals surface area contributed by atoms with E-state index in [1.165, 1.54) is 0 Å². The number of aromatic hydroxyl groups is 1. The van der Waals surface area contributed by atoms with E-state index in [9.17, 15) is 10.0 Å². The number of nitrogens with zero attached hydrogens (tertiary/aromatic N) is 2. The molecule has 0 radical (unpaired) electrons. The van der Waals surface area contributed by atoms with Gasteiger partial charge in [0.2, 0.25) is 0 Å². The lowest BCUT2D eigenvalue weighted by Crippen LogP contribution is -1.84. The average Bonchev–Trinajstić information content (AvgIpc) is 2.85. The Morgan fingerprint density at radius 2 is 1.95 bits per heavy atom. The highest BCUT2D eigenvalue weighted by molar-refractivity contribution is 6.12. The summed E-state index contributed by atoms with van der Waals surface area (Å²) in [6.07, 6.45) is 0. The molecular formula is C14H12N2O3. The van der Waals surface area contributed by atoms with Crippen LogP contribution in [0, 0.1) is 4.91 Å². The van der Waals surface area contributed by atoms with Crippen LogP contribution in [0.3, 0.4) is 0 Å². The molecule has 0 aliphatic rings. The molecule has 0 unspecified atom stereocenters. The first-order valence-electron chi connectivity index (χ1n) is 6.01. The van der Waals surface area contributed by atoms with Gasteiger partial charge in [-0.2, -0.15) is 0 Å². The van der Waals surface area contributed by atoms with Crippen molar-refractivity contribution < 1.29 is 9.52 Å². The lowest BCUT2D eigenvalue weighted by Gasteiger charge is -2.02. The van der Waals surface area contributed by atoms with Gasteiger partial charge in [-0.25, -0.2) is 4.98 Å². The summed E-state index contributed by atoms with van der Waals surface area (Å²) in [4.78, 5) is 15.2. The van der Waals surface area contributed by atoms with E-state index in [2.05, 4.69) is 10.2 Å². The number of oxazole rings is 1. The first kappa shape index (κ1) is 11.6. The zero-order valence-electron chi connectivity index (χ0n) is 10.5. The van der Waals surface area contributed by atoms with Gasteiger partial charge in [0.25, 0.3) is 0 Å². The Bertz CT molecular complexity index is 790. The molecule has 2 aromatic carbocycles. The van der Waals surface area contributed by atoms with Gasteiger partial charge in [0.1, 0.15) is 5.52 Å². The summed E-state index contributed by atoms with van der Waals surface area (Å²) in [7, 11) is 0. The highest BCUT2D eigenvalue weighted by Gasteiger charge is 2.20. The first-order valence-corrected chi connectivity index (χ1v) is 6.01. The summed E-state index contributed by atoms with van der Waals surface area (Å²) in [5.74, 6) is 0.463. The van der Waals surface area contributed by atoms with Gasteiger partial charge in [-0.15, -0.1) is 4.91 Å². The minimum absolute atomic E-state index is 0.0654. The molecule has 3 aromatic rings. The Morgan fingerprint density at radius 3 is 2.58 bits per heavy atom. The fourth-order valence-corrected chi connectivity index (χ4v) is 2.14. The van der Waals surface area contributed by atoms with Crippen molar-refractivity contribution in [2.75, 3.05) is 0 Å². The topological polar surface area (TPSA) is 75.7 Å². The monoisotopic (exact) mass is 256 g/mol. The molecule has 1 aromatic heterocycles. The van der Waals surface area contributed by atoms with Crippen LogP contribution in [0.5, 0.6) is 5.75 Å². The molecule has 5 nitrogen and oxygen atoms in total. The molecule has 19 heavy (non-hydrogen) atoms. The van der Waals surface area contributed by atoms with Crippen molar-refractivity contribution >= 4 is 27.6 Å². The largest absolute Gasteiger partial charge is 0.505 e. The van der Waals surface area contributed by atoms with Crippen molar-refractivity contribution in [3.8, 4) is 5.75 Å². The fraction of sp³-hybridized carbons (Fsp3) is 0.214. The lowest BCUT2D eigenvalue weighted by molar-refractivity contribution is 0.483. The quantitative estimate of drug-likeness (QED) is 0.697. The van der Waals surface area contributed by atoms with Crippen LogP contribution in [0.25, 0.3) is 21.9 Å². The third kappa shape index (κ3) is 1.58. The van der Waals surface area contributed by atoms with Crippen molar-refractivity contribution in [3.05, 3.63) is 35.1 Å². The zero-order chi connectivity index (χ0) is 13.6. The van der Waals surface area contributed by atoms with Crippen LogP contribution >= 0.6 is 0 Å². The van der Waals surface area contributed by atoms with Crippen LogP contribution in [0.4, 0.5) is 5.69 Å². The molecule has 5 heteroatoms. The predicted octanol–water partition coefficient (Wildman–Crippen LogP) is 4.21. The summed E-state index contributed by atoms with van der Waals surface area (Å²) >= 11 is 0. The van der Waals surface area contributed by atoms with Gasteiger partial charge in [0, 0.05) is 16.7 Å². The second-order valence-corrected chi connectivity index (χ2v) is 4.72. The molecule has 0 aliphatic carbocycles. The summed E-state index contributed by atoms with van der Waals surface area (Å²) < 4.78 is 5.72. The van der Waals surface area contributed by atoms with Crippen molar-refractivity contribution in [2.45, 2.75) is 19.8 Å². The van der Waals surface area contributed by atoms with Crippen LogP contribution in [0.2, 0.25) is 0 Å². The minimum Gasteiger partial charge on any atom is -0.505 e. The van der Waals surface area contributed by atoms with Crippen LogP contribution in [0.15, 0.2) is 33.9 Å². The SMILES string of the molecule is CC(C)c1nc2c(N=O)c(O)c3ccccc3c2o1. The highest BCUT2D eigenvalue weighted by Crippen LogP contribution is 2.43. The molecule has 1 heterocycles. The Labute approximate surface area is 108 Å². The Balaban J connectivity index is 2.55. The maximum absolute atomic E-state index is 11.0. The number of aromatic nitrogens is 1. The van der Waals surface area contributed by atoms with Crippen molar-refractivity contribution in [2.24, 2.45) is 5.18 Å². The molecular weight excluding hydrogens is 244 g/mol. The van der Waals surface area contributed by atoms with E-state index in [0.717, 1.165) is 5.39 Å². The van der Waals surface area contributed by atoms with Crippen molar-refractivity contribution in [3.63, 3.8) is 0 Å². The Morgan fingerprint density at radius 1 is 1.26 bits per heavy atom. The second kappa shape index (κ2) is 4.05. The predicted molar refractivity (Wildman–Crippen MR) is 72.7 cm³/mol. The van der Waals surface area contributed by atoms with Gasteiger partial charge in [-0.05, 0) is 5.18 Å². The molecule has 1 N–H and O–H groups in total. The highest BCUT2D eigenvalue weighted by atomic mass is 16.3. The minimum atomic E-state index is -0.151. The first-order chi connectivity index (χ1) is 9.13. The van der Waals surface area contributed by atoms with E-state index in [4.69, 9.17) is 4.42 Å². The van der Waals surface area contributed by atoms with Crippen molar-refractivity contribution in [1.29, 1.82) is 0 Å². The number of nitroso groups, excluding NO2 is 1. The molecule has 0 atom stereocenters. The molecule has 0 saturated carbocycles. The van der Waals surface area contributed by atoms with Gasteiger partial charge in [-0.3, -0.25) is 0 Å². The molecule has 0 fully saturated rings. The van der Waals surface area contributed by atoms with Gasteiger partial charge < -0.3 is 9.52 Å². The molecule has 0 spiro atoms. The zero-order valence-corrected chi connectivity index (χ0v) is 10.5. The number of fused-ring (bicyclic) bond motifs is 3. The normalized spacial score (nSPS) is 11.5. The number of phenols is 1. The van der Waals surface area contributed by atoms with E-state index >= 15 is 0 Å². The summed E-state index contributed by atoms with van der Waals surface area (Å²) in [5, 5.41) is 14.3. The van der Waals surface area contributed by atoms with Crippen molar-refractivity contribution in [1.82, 2.24) is 4.98 Å². The maximum atomic E-state index is 11.0. The van der Waals surface area contributed by atoms with Crippen LogP contribution in [0.1, 0.15) is 25.7 Å². The third-order valence-electron chi connectivity index (χ3n) is 3.10. The van der Waals surface area contributed by atoms with E-state index in [1.54, 1.807) is 12.1 Å². The summed E-state index contributed by atoms with van der Waals surface area (Å²) in [6.45, 7) is 3.89. The number of phenolic OH excluding ortho intramolecular Hbond substituents is 1. The lowest BCUT2D eigenvalue weighted by atomic mass is 10.1. The van der Waals surface area contributed by atoms with E-state index in [1.807, 2.05) is 26.0 Å². The van der Waals surface area contributed by atoms with E-state index < -0.39 is 0 Å². The molecule has 0 saturated heterocycles. The number of hydrogen-bond donors (Lipinski definition) is 1. The van der Waals surface area contributed by atoms with Gasteiger partial charge >= 0.3 is 0 Å². The third-order valence-corrected chi connectivity index (χ3v) is 3.10. The Kier molecular flexibility index (Phi) is 2.48. The van der Waals surface area contributed by atoms with Crippen LogP contribution < -0.4 is 0 Å². The van der Waals surface area contributed by atoms with Gasteiger partial charge in [0.15, 0.2) is 22.9 Å². The fourth-order valence-electron chi connectivity index (χ4n) is 2.14. The summed E-state index contributed by atoms with van der Waals surface area (Å²) in [6, 6.07) is 7.16. The number of benzene rings is 2. The van der Waals surface area contributed by atoms with Gasteiger partial charge in [-0.1, -0.05) is 38.1 Å². The maximum Gasteiger partial charge on any atom is 0.198 e. The van der Waals surface area contributed by atoms with E-state index in [-0.39, 0.29) is 17.4 Å².